The van der Waals surface area contributed by atoms with Crippen LogP contribution in [0, 0.1) is 0 Å². The number of halogens is 1. The summed E-state index contributed by atoms with van der Waals surface area (Å²) in [4.78, 5) is 21.3. The zero-order valence-electron chi connectivity index (χ0n) is 15.3. The molecule has 0 spiro atoms. The number of ether oxygens (including phenoxy) is 1. The molecule has 0 saturated carbocycles. The monoisotopic (exact) mass is 389 g/mol. The van der Waals surface area contributed by atoms with Crippen LogP contribution in [0.2, 0.25) is 5.02 Å². The maximum Gasteiger partial charge on any atom is 0.237 e. The van der Waals surface area contributed by atoms with Crippen LogP contribution in [0.1, 0.15) is 36.1 Å². The highest BCUT2D eigenvalue weighted by Gasteiger charge is 2.34. The fourth-order valence-electron chi connectivity index (χ4n) is 3.73. The first kappa shape index (κ1) is 18.5. The minimum absolute atomic E-state index is 0.0579. The van der Waals surface area contributed by atoms with Crippen LogP contribution in [0.4, 0.5) is 0 Å². The lowest BCUT2D eigenvalue weighted by atomic mass is 10.1. The van der Waals surface area contributed by atoms with Gasteiger partial charge in [0.2, 0.25) is 11.8 Å². The van der Waals surface area contributed by atoms with E-state index < -0.39 is 0 Å². The third kappa shape index (κ3) is 4.51. The summed E-state index contributed by atoms with van der Waals surface area (Å²) in [7, 11) is 0. The first-order valence-corrected chi connectivity index (χ1v) is 9.85. The molecule has 7 heteroatoms. The summed E-state index contributed by atoms with van der Waals surface area (Å²) in [6, 6.07) is 7.66. The van der Waals surface area contributed by atoms with E-state index in [1.54, 1.807) is 6.20 Å². The summed E-state index contributed by atoms with van der Waals surface area (Å²) in [5.41, 5.74) is 1.12. The van der Waals surface area contributed by atoms with Crippen LogP contribution in [0.25, 0.3) is 0 Å². The molecule has 1 aromatic heterocycles. The first-order chi connectivity index (χ1) is 13.2. The summed E-state index contributed by atoms with van der Waals surface area (Å²) in [5, 5.41) is 0.720. The van der Waals surface area contributed by atoms with Crippen molar-refractivity contribution >= 4 is 17.5 Å². The van der Waals surface area contributed by atoms with Crippen molar-refractivity contribution in [1.82, 2.24) is 14.8 Å². The van der Waals surface area contributed by atoms with E-state index in [4.69, 9.17) is 20.8 Å². The highest BCUT2D eigenvalue weighted by molar-refractivity contribution is 6.30. The van der Waals surface area contributed by atoms with Gasteiger partial charge in [0.25, 0.3) is 0 Å². The first-order valence-electron chi connectivity index (χ1n) is 9.47. The van der Waals surface area contributed by atoms with Crippen LogP contribution in [0.5, 0.6) is 0 Å². The molecule has 3 heterocycles. The normalized spacial score (nSPS) is 20.9. The minimum atomic E-state index is -0.0579. The second kappa shape index (κ2) is 8.42. The van der Waals surface area contributed by atoms with Crippen molar-refractivity contribution in [2.24, 2.45) is 0 Å². The Morgan fingerprint density at radius 2 is 1.96 bits per heavy atom. The van der Waals surface area contributed by atoms with Crippen molar-refractivity contribution in [2.45, 2.75) is 25.3 Å². The van der Waals surface area contributed by atoms with E-state index in [1.807, 2.05) is 29.2 Å². The highest BCUT2D eigenvalue weighted by Crippen LogP contribution is 2.32. The molecule has 2 saturated heterocycles. The Morgan fingerprint density at radius 1 is 1.19 bits per heavy atom. The second-order valence-electron chi connectivity index (χ2n) is 7.10. The van der Waals surface area contributed by atoms with Gasteiger partial charge in [-0.05, 0) is 30.5 Å². The van der Waals surface area contributed by atoms with Crippen molar-refractivity contribution in [2.75, 3.05) is 39.4 Å². The number of rotatable bonds is 5. The molecule has 2 fully saturated rings. The van der Waals surface area contributed by atoms with Crippen molar-refractivity contribution in [3.8, 4) is 0 Å². The Hall–Kier alpha value is -1.89. The molecule has 1 atom stereocenters. The summed E-state index contributed by atoms with van der Waals surface area (Å²) in [6.45, 7) is 4.24. The molecule has 27 heavy (non-hydrogen) atoms. The molecule has 1 aromatic carbocycles. The summed E-state index contributed by atoms with van der Waals surface area (Å²) >= 11 is 5.94. The Balaban J connectivity index is 1.40. The number of carbonyl (C=O) groups excluding carboxylic acids is 1. The largest absolute Gasteiger partial charge is 0.443 e. The number of benzene rings is 1. The highest BCUT2D eigenvalue weighted by atomic mass is 35.5. The van der Waals surface area contributed by atoms with Gasteiger partial charge >= 0.3 is 0 Å². The Bertz CT molecular complexity index is 771. The number of carbonyl (C=O) groups is 1. The summed E-state index contributed by atoms with van der Waals surface area (Å²) in [6.07, 6.45) is 4.32. The molecule has 1 amide bonds. The zero-order chi connectivity index (χ0) is 18.6. The number of amides is 1. The quantitative estimate of drug-likeness (QED) is 0.786. The van der Waals surface area contributed by atoms with Crippen LogP contribution < -0.4 is 0 Å². The Labute approximate surface area is 164 Å². The van der Waals surface area contributed by atoms with Gasteiger partial charge in [0.15, 0.2) is 0 Å². The van der Waals surface area contributed by atoms with Crippen molar-refractivity contribution in [1.29, 1.82) is 0 Å². The smallest absolute Gasteiger partial charge is 0.237 e. The van der Waals surface area contributed by atoms with Gasteiger partial charge in [0, 0.05) is 31.1 Å². The maximum absolute atomic E-state index is 12.8. The van der Waals surface area contributed by atoms with E-state index >= 15 is 0 Å². The molecule has 0 aliphatic carbocycles. The predicted molar refractivity (Wildman–Crippen MR) is 102 cm³/mol. The molecular formula is C20H24ClN3O3. The molecule has 144 valence electrons. The van der Waals surface area contributed by atoms with Crippen molar-refractivity contribution < 1.29 is 13.9 Å². The van der Waals surface area contributed by atoms with Crippen LogP contribution >= 0.6 is 11.6 Å². The standard InChI is InChI=1S/C20H24ClN3O3/c21-16-5-3-15(4-6-16)12-17-13-22-20(27-17)18-2-1-7-24(18)19(25)14-23-8-10-26-11-9-23/h3-6,13,18H,1-2,7-12,14H2. The van der Waals surface area contributed by atoms with Crippen LogP contribution in [-0.4, -0.2) is 60.1 Å². The molecule has 0 radical (unpaired) electrons. The van der Waals surface area contributed by atoms with Crippen LogP contribution in [0.3, 0.4) is 0 Å². The number of likely N-dealkylation sites (tertiary alicyclic amines) is 1. The van der Waals surface area contributed by atoms with Crippen molar-refractivity contribution in [3.63, 3.8) is 0 Å². The predicted octanol–water partition coefficient (Wildman–Crippen LogP) is 2.91. The third-order valence-electron chi connectivity index (χ3n) is 5.18. The van der Waals surface area contributed by atoms with Gasteiger partial charge in [0.05, 0.1) is 26.0 Å². The summed E-state index contributed by atoms with van der Waals surface area (Å²) in [5.74, 6) is 1.60. The Morgan fingerprint density at radius 3 is 2.74 bits per heavy atom. The third-order valence-corrected chi connectivity index (χ3v) is 5.44. The van der Waals surface area contributed by atoms with Gasteiger partial charge in [-0.15, -0.1) is 0 Å². The van der Waals surface area contributed by atoms with E-state index in [2.05, 4.69) is 9.88 Å². The minimum Gasteiger partial charge on any atom is -0.443 e. The lowest BCUT2D eigenvalue weighted by Crippen LogP contribution is -2.44. The van der Waals surface area contributed by atoms with E-state index in [1.165, 1.54) is 0 Å². The topological polar surface area (TPSA) is 58.8 Å². The molecular weight excluding hydrogens is 366 g/mol. The van der Waals surface area contributed by atoms with Crippen molar-refractivity contribution in [3.05, 3.63) is 52.7 Å². The summed E-state index contributed by atoms with van der Waals surface area (Å²) < 4.78 is 11.4. The molecule has 2 aliphatic heterocycles. The van der Waals surface area contributed by atoms with E-state index in [0.717, 1.165) is 48.8 Å². The number of oxazole rings is 1. The number of aromatic nitrogens is 1. The van der Waals surface area contributed by atoms with Gasteiger partial charge in [0.1, 0.15) is 11.8 Å². The van der Waals surface area contributed by atoms with Gasteiger partial charge in [-0.2, -0.15) is 0 Å². The van der Waals surface area contributed by atoms with E-state index in [0.29, 0.717) is 32.1 Å². The number of morpholine rings is 1. The van der Waals surface area contributed by atoms with Crippen LogP contribution in [-0.2, 0) is 16.0 Å². The zero-order valence-corrected chi connectivity index (χ0v) is 16.0. The molecule has 6 nitrogen and oxygen atoms in total. The van der Waals surface area contributed by atoms with Crippen LogP contribution in [0.15, 0.2) is 34.9 Å². The van der Waals surface area contributed by atoms with E-state index in [9.17, 15) is 4.79 Å². The molecule has 2 aromatic rings. The van der Waals surface area contributed by atoms with E-state index in [-0.39, 0.29) is 11.9 Å². The molecule has 2 aliphatic rings. The molecule has 0 bridgehead atoms. The fourth-order valence-corrected chi connectivity index (χ4v) is 3.85. The van der Waals surface area contributed by atoms with Gasteiger partial charge < -0.3 is 14.1 Å². The average molecular weight is 390 g/mol. The molecule has 1 unspecified atom stereocenters. The van der Waals surface area contributed by atoms with Gasteiger partial charge in [-0.3, -0.25) is 9.69 Å². The number of hydrogen-bond donors (Lipinski definition) is 0. The van der Waals surface area contributed by atoms with Gasteiger partial charge in [-0.1, -0.05) is 23.7 Å². The number of hydrogen-bond acceptors (Lipinski definition) is 5. The SMILES string of the molecule is O=C(CN1CCOCC1)N1CCCC1c1ncc(Cc2ccc(Cl)cc2)o1. The Kier molecular flexibility index (Phi) is 5.76. The lowest BCUT2D eigenvalue weighted by molar-refractivity contribution is -0.134. The number of nitrogens with zero attached hydrogens (tertiary/aromatic N) is 3. The average Bonchev–Trinajstić information content (AvgIpc) is 3.33. The lowest BCUT2D eigenvalue weighted by Gasteiger charge is -2.29. The fraction of sp³-hybridized carbons (Fsp3) is 0.500. The molecule has 0 N–H and O–H groups in total. The van der Waals surface area contributed by atoms with Gasteiger partial charge in [-0.25, -0.2) is 4.98 Å². The second-order valence-corrected chi connectivity index (χ2v) is 7.54. The molecule has 4 rings (SSSR count). The maximum atomic E-state index is 12.8.